The molecule has 4 aliphatic rings. The van der Waals surface area contributed by atoms with E-state index in [-0.39, 0.29) is 42.3 Å². The highest BCUT2D eigenvalue weighted by Gasteiger charge is 2.66. The van der Waals surface area contributed by atoms with Crippen molar-refractivity contribution in [3.05, 3.63) is 65.5 Å². The van der Waals surface area contributed by atoms with E-state index in [1.54, 1.807) is 9.58 Å². The van der Waals surface area contributed by atoms with Crippen molar-refractivity contribution >= 4 is 43.1 Å². The molecule has 0 bridgehead atoms. The number of aliphatic hydroxyl groups is 1. The Morgan fingerprint density at radius 3 is 2.32 bits per heavy atom. The topological polar surface area (TPSA) is 141 Å². The summed E-state index contributed by atoms with van der Waals surface area (Å²) >= 11 is 0. The van der Waals surface area contributed by atoms with Crippen molar-refractivity contribution < 1.29 is 29.0 Å². The fraction of sp³-hybridized carbons (Fsp3) is 0.541. The Bertz CT molecular complexity index is 1770. The molecule has 2 aromatic carbocycles. The summed E-state index contributed by atoms with van der Waals surface area (Å²) in [6.07, 6.45) is 6.97. The number of aliphatic hydroxyl groups excluding tert-OH is 1. The molecule has 0 unspecified atom stereocenters. The zero-order chi connectivity index (χ0) is 35.2. The van der Waals surface area contributed by atoms with Gasteiger partial charge in [0.15, 0.2) is 13.9 Å². The number of benzene rings is 2. The van der Waals surface area contributed by atoms with Gasteiger partial charge in [-0.3, -0.25) is 19.1 Å². The summed E-state index contributed by atoms with van der Waals surface area (Å²) in [4.78, 5) is 58.1. The lowest BCUT2D eigenvalue weighted by molar-refractivity contribution is -0.146. The zero-order valence-electron chi connectivity index (χ0n) is 29.3. The minimum atomic E-state index is -2.90. The molecule has 0 radical (unpaired) electrons. The fourth-order valence-electron chi connectivity index (χ4n) is 8.76. The molecular formula is C37H48N6O6Si. The standard InChI is InChI=1S/C37H48N6O6Si/c1-25-35(50(2,3)48)32(15-19-40-24-27(16-20-44)38-39-40)49-37(25)30-22-29(42-18-7-5-12-34(42)46)13-14-31(30)43(36(37)47)23-26-9-8-10-28(21-26)41-17-6-4-11-33(41)45/h8-10,13-14,21-22,24-25,32,35,44,48H,4-7,11-12,15-20,23H2,1-3H3/t25-,32+,35-,37+/m1/s1. The van der Waals surface area contributed by atoms with E-state index in [4.69, 9.17) is 4.74 Å². The van der Waals surface area contributed by atoms with Crippen molar-refractivity contribution in [3.8, 4) is 0 Å². The fourth-order valence-corrected chi connectivity index (χ4v) is 11.4. The van der Waals surface area contributed by atoms with Gasteiger partial charge in [-0.25, -0.2) is 0 Å². The van der Waals surface area contributed by atoms with Gasteiger partial charge in [0.2, 0.25) is 11.8 Å². The van der Waals surface area contributed by atoms with Crippen molar-refractivity contribution in [3.63, 3.8) is 0 Å². The maximum absolute atomic E-state index is 15.1. The Hall–Kier alpha value is -3.91. The van der Waals surface area contributed by atoms with Gasteiger partial charge in [-0.05, 0) is 81.1 Å². The monoisotopic (exact) mass is 700 g/mol. The van der Waals surface area contributed by atoms with Crippen LogP contribution in [0.25, 0.3) is 0 Å². The van der Waals surface area contributed by atoms with Gasteiger partial charge in [0, 0.05) is 80.1 Å². The lowest BCUT2D eigenvalue weighted by Gasteiger charge is -2.33. The van der Waals surface area contributed by atoms with Crippen LogP contribution in [-0.2, 0) is 44.2 Å². The van der Waals surface area contributed by atoms with Crippen LogP contribution in [0.2, 0.25) is 18.6 Å². The second kappa shape index (κ2) is 13.7. The van der Waals surface area contributed by atoms with Gasteiger partial charge >= 0.3 is 0 Å². The van der Waals surface area contributed by atoms with Crippen LogP contribution >= 0.6 is 0 Å². The quantitative estimate of drug-likeness (QED) is 0.299. The largest absolute Gasteiger partial charge is 0.432 e. The minimum Gasteiger partial charge on any atom is -0.432 e. The van der Waals surface area contributed by atoms with E-state index in [9.17, 15) is 19.5 Å². The highest BCUT2D eigenvalue weighted by Crippen LogP contribution is 2.60. The number of nitrogens with zero attached hydrogens (tertiary/aromatic N) is 6. The van der Waals surface area contributed by atoms with Crippen LogP contribution in [0.4, 0.5) is 17.1 Å². The summed E-state index contributed by atoms with van der Waals surface area (Å²) < 4.78 is 8.80. The average molecular weight is 701 g/mol. The molecule has 1 aromatic heterocycles. The van der Waals surface area contributed by atoms with Crippen molar-refractivity contribution in [1.29, 1.82) is 0 Å². The molecule has 3 fully saturated rings. The van der Waals surface area contributed by atoms with Crippen LogP contribution in [0, 0.1) is 5.92 Å². The van der Waals surface area contributed by atoms with Gasteiger partial charge in [-0.15, -0.1) is 5.10 Å². The molecule has 2 N–H and O–H groups in total. The third kappa shape index (κ3) is 6.18. The van der Waals surface area contributed by atoms with Crippen molar-refractivity contribution in [2.75, 3.05) is 34.4 Å². The third-order valence-electron chi connectivity index (χ3n) is 11.1. The molecule has 0 saturated carbocycles. The molecule has 266 valence electrons. The summed E-state index contributed by atoms with van der Waals surface area (Å²) in [6.45, 7) is 7.89. The number of ether oxygens (including phenoxy) is 1. The van der Waals surface area contributed by atoms with E-state index in [1.807, 2.05) is 78.5 Å². The van der Waals surface area contributed by atoms with Gasteiger partial charge in [0.1, 0.15) is 0 Å². The highest BCUT2D eigenvalue weighted by atomic mass is 28.4. The molecule has 3 saturated heterocycles. The summed E-state index contributed by atoms with van der Waals surface area (Å²) in [5, 5.41) is 17.7. The number of amides is 3. The average Bonchev–Trinajstić information content (AvgIpc) is 3.74. The molecule has 4 atom stereocenters. The number of piperidine rings is 2. The molecule has 4 aliphatic heterocycles. The number of anilines is 3. The predicted molar refractivity (Wildman–Crippen MR) is 191 cm³/mol. The molecule has 0 aliphatic carbocycles. The first-order chi connectivity index (χ1) is 24.0. The van der Waals surface area contributed by atoms with Gasteiger partial charge in [0.25, 0.3) is 5.91 Å². The lowest BCUT2D eigenvalue weighted by atomic mass is 9.82. The minimum absolute atomic E-state index is 0.0133. The SMILES string of the molecule is C[C@@H]1[C@@H]([Si](C)(C)O)[C@H](CCn2cc(CCO)nn2)O[C@@]12C(=O)N(Cc1cccc(N3CCCCC3=O)c1)c1ccc(N3CCCCC3=O)cc12. The summed E-state index contributed by atoms with van der Waals surface area (Å²) in [5.74, 6) is -0.353. The van der Waals surface area contributed by atoms with E-state index in [0.717, 1.165) is 53.9 Å². The van der Waals surface area contributed by atoms with Gasteiger partial charge in [0.05, 0.1) is 24.0 Å². The van der Waals surface area contributed by atoms with Crippen LogP contribution in [0.15, 0.2) is 48.7 Å². The first kappa shape index (κ1) is 34.5. The number of aryl methyl sites for hydroxylation is 1. The Balaban J connectivity index is 1.26. The Kier molecular flexibility index (Phi) is 9.44. The van der Waals surface area contributed by atoms with Crippen molar-refractivity contribution in [2.45, 2.75) is 102 Å². The normalized spacial score (nSPS) is 25.7. The van der Waals surface area contributed by atoms with E-state index < -0.39 is 20.0 Å². The maximum atomic E-state index is 15.1. The first-order valence-corrected chi connectivity index (χ1v) is 21.1. The Morgan fingerprint density at radius 2 is 1.66 bits per heavy atom. The summed E-state index contributed by atoms with van der Waals surface area (Å²) in [5.41, 5.74) is 3.01. The number of carbonyl (C=O) groups is 3. The first-order valence-electron chi connectivity index (χ1n) is 18.1. The second-order valence-electron chi connectivity index (χ2n) is 14.9. The summed E-state index contributed by atoms with van der Waals surface area (Å²) in [7, 11) is -2.90. The molecule has 3 aromatic rings. The summed E-state index contributed by atoms with van der Waals surface area (Å²) in [6, 6.07) is 13.7. The van der Waals surface area contributed by atoms with E-state index >= 15 is 4.79 Å². The van der Waals surface area contributed by atoms with Crippen LogP contribution in [0.1, 0.15) is 68.7 Å². The van der Waals surface area contributed by atoms with Gasteiger partial charge in [-0.1, -0.05) is 24.3 Å². The molecule has 1 spiro atoms. The predicted octanol–water partition coefficient (Wildman–Crippen LogP) is 4.28. The molecule has 5 heterocycles. The van der Waals surface area contributed by atoms with Crippen LogP contribution in [-0.4, -0.2) is 76.7 Å². The molecular weight excluding hydrogens is 653 g/mol. The molecule has 50 heavy (non-hydrogen) atoms. The number of aromatic nitrogens is 3. The molecule has 12 nitrogen and oxygen atoms in total. The second-order valence-corrected chi connectivity index (χ2v) is 18.8. The number of rotatable bonds is 10. The van der Waals surface area contributed by atoms with Crippen LogP contribution in [0.3, 0.4) is 0 Å². The van der Waals surface area contributed by atoms with Crippen molar-refractivity contribution in [2.24, 2.45) is 5.92 Å². The Morgan fingerprint density at radius 1 is 0.960 bits per heavy atom. The molecule has 7 rings (SSSR count). The molecule has 3 amide bonds. The smallest absolute Gasteiger partial charge is 0.264 e. The van der Waals surface area contributed by atoms with Crippen LogP contribution in [0.5, 0.6) is 0 Å². The Labute approximate surface area is 294 Å². The van der Waals surface area contributed by atoms with Gasteiger partial charge < -0.3 is 29.3 Å². The number of carbonyl (C=O) groups excluding carboxylic acids is 3. The highest BCUT2D eigenvalue weighted by molar-refractivity contribution is 6.71. The lowest BCUT2D eigenvalue weighted by Crippen LogP contribution is -2.46. The van der Waals surface area contributed by atoms with Gasteiger partial charge in [-0.2, -0.15) is 0 Å². The molecule has 13 heteroatoms. The number of hydrogen-bond donors (Lipinski definition) is 2. The zero-order valence-corrected chi connectivity index (χ0v) is 30.3. The van der Waals surface area contributed by atoms with E-state index in [1.165, 1.54) is 0 Å². The van der Waals surface area contributed by atoms with E-state index in [0.29, 0.717) is 51.0 Å². The van der Waals surface area contributed by atoms with Crippen LogP contribution < -0.4 is 14.7 Å². The van der Waals surface area contributed by atoms with Crippen molar-refractivity contribution in [1.82, 2.24) is 15.0 Å². The number of hydrogen-bond acceptors (Lipinski definition) is 8. The third-order valence-corrected chi connectivity index (χ3v) is 13.6. The van der Waals surface area contributed by atoms with E-state index in [2.05, 4.69) is 10.3 Å². The number of fused-ring (bicyclic) bond motifs is 2. The maximum Gasteiger partial charge on any atom is 0.264 e.